The molecule has 1 aliphatic heterocycles. The van der Waals surface area contributed by atoms with E-state index >= 15 is 0 Å². The molecule has 1 amide bonds. The van der Waals surface area contributed by atoms with Gasteiger partial charge in [-0.25, -0.2) is 0 Å². The topological polar surface area (TPSA) is 29.1 Å². The fraction of sp³-hybridized carbons (Fsp3) is 0.727. The first kappa shape index (κ1) is 14.7. The average molecular weight is 187 g/mol. The maximum atomic E-state index is 10.7. The van der Waals surface area contributed by atoms with Crippen LogP contribution in [0.2, 0.25) is 0 Å². The van der Waals surface area contributed by atoms with Crippen molar-refractivity contribution in [2.24, 2.45) is 0 Å². The van der Waals surface area contributed by atoms with E-state index in [4.69, 9.17) is 0 Å². The van der Waals surface area contributed by atoms with E-state index in [1.165, 1.54) is 5.57 Å². The highest BCUT2D eigenvalue weighted by atomic mass is 16.1. The summed E-state index contributed by atoms with van der Waals surface area (Å²) in [6.45, 7) is 12.0. The number of hydrogen-bond acceptors (Lipinski definition) is 1. The zero-order valence-electron chi connectivity index (χ0n) is 9.82. The Bertz CT molecular complexity index is 176. The number of carbonyl (C=O) groups excluding carboxylic acids is 1. The van der Waals surface area contributed by atoms with E-state index in [9.17, 15) is 4.79 Å². The van der Waals surface area contributed by atoms with Gasteiger partial charge in [-0.1, -0.05) is 33.3 Å². The summed E-state index contributed by atoms with van der Waals surface area (Å²) in [6, 6.07) is 0. The minimum atomic E-state index is 0. The number of nitrogens with one attached hydrogen (secondary N) is 1. The molecule has 0 aliphatic carbocycles. The van der Waals surface area contributed by atoms with Gasteiger partial charge in [0.15, 0.2) is 0 Å². The van der Waals surface area contributed by atoms with Gasteiger partial charge in [0.05, 0.1) is 0 Å². The van der Waals surface area contributed by atoms with Gasteiger partial charge in [0.1, 0.15) is 0 Å². The van der Waals surface area contributed by atoms with E-state index in [1.807, 2.05) is 34.6 Å². The maximum Gasteiger partial charge on any atom is 0.224 e. The van der Waals surface area contributed by atoms with Gasteiger partial charge < -0.3 is 5.32 Å². The lowest BCUT2D eigenvalue weighted by molar-refractivity contribution is -0.120. The van der Waals surface area contributed by atoms with E-state index in [-0.39, 0.29) is 7.33 Å². The molecule has 80 valence electrons. The van der Waals surface area contributed by atoms with Gasteiger partial charge in [-0.05, 0) is 20.3 Å². The highest BCUT2D eigenvalue weighted by molar-refractivity contribution is 5.79. The van der Waals surface area contributed by atoms with Crippen LogP contribution in [-0.2, 0) is 4.79 Å². The summed E-state index contributed by atoms with van der Waals surface area (Å²) in [6.07, 6.45) is 1.58. The molecule has 0 saturated heterocycles. The van der Waals surface area contributed by atoms with Crippen molar-refractivity contribution >= 4 is 5.91 Å². The number of hydrogen-bond donors (Lipinski definition) is 1. The molecule has 2 heteroatoms. The number of amides is 1. The molecule has 0 saturated carbocycles. The lowest BCUT2D eigenvalue weighted by Gasteiger charge is -2.14. The molecule has 0 aromatic rings. The monoisotopic (exact) mass is 187 g/mol. The van der Waals surface area contributed by atoms with Crippen molar-refractivity contribution in [1.29, 1.82) is 0 Å². The molecule has 0 radical (unpaired) electrons. The molecule has 1 N–H and O–H groups in total. The normalized spacial score (nSPS) is 14.8. The summed E-state index contributed by atoms with van der Waals surface area (Å²) in [7, 11) is 0. The van der Waals surface area contributed by atoms with Gasteiger partial charge in [0, 0.05) is 13.5 Å². The Morgan fingerprint density at radius 2 is 1.54 bits per heavy atom. The van der Waals surface area contributed by atoms with Crippen LogP contribution >= 0.6 is 0 Å². The Hall–Kier alpha value is -0.790. The molecular weight excluding hydrogens is 162 g/mol. The Labute approximate surface area is 83.9 Å². The zero-order chi connectivity index (χ0) is 10.9. The van der Waals surface area contributed by atoms with Crippen molar-refractivity contribution in [2.75, 3.05) is 0 Å². The van der Waals surface area contributed by atoms with Crippen molar-refractivity contribution in [3.05, 3.63) is 11.3 Å². The number of carbonyl (C=O) groups is 1. The molecule has 0 aromatic carbocycles. The summed E-state index contributed by atoms with van der Waals surface area (Å²) in [5, 5.41) is 2.77. The molecule has 2 nitrogen and oxygen atoms in total. The lowest BCUT2D eigenvalue weighted by atomic mass is 10.1. The fourth-order valence-electron chi connectivity index (χ4n) is 0.867. The van der Waals surface area contributed by atoms with Crippen molar-refractivity contribution in [2.45, 2.75) is 54.4 Å². The molecule has 13 heavy (non-hydrogen) atoms. The minimum Gasteiger partial charge on any atom is -0.330 e. The van der Waals surface area contributed by atoms with Crippen LogP contribution in [0.1, 0.15) is 55.8 Å². The highest BCUT2D eigenvalue weighted by Crippen LogP contribution is 2.12. The molecule has 0 aromatic heterocycles. The first-order valence-electron chi connectivity index (χ1n) is 5.16. The minimum absolute atomic E-state index is 0. The van der Waals surface area contributed by atoms with Crippen LogP contribution in [0.15, 0.2) is 11.3 Å². The molecule has 0 fully saturated rings. The van der Waals surface area contributed by atoms with Crippen molar-refractivity contribution < 1.29 is 6.22 Å². The van der Waals surface area contributed by atoms with Crippen LogP contribution < -0.4 is 5.32 Å². The number of allylic oxidation sites excluding steroid dienone is 2. The Morgan fingerprint density at radius 1 is 1.08 bits per heavy atom. The van der Waals surface area contributed by atoms with Gasteiger partial charge >= 0.3 is 0 Å². The van der Waals surface area contributed by atoms with Gasteiger partial charge in [0.2, 0.25) is 5.91 Å². The van der Waals surface area contributed by atoms with E-state index in [1.54, 1.807) is 0 Å². The standard InChI is InChI=1S/C7H11NO.2C2H6.H2/c1-5-3-4-7(9)8-6(5)2;2*1-2;/h3-4H2,1-2H3,(H,8,9);2*1-2H3;1H. The molecule has 1 heterocycles. The molecule has 1 aliphatic rings. The largest absolute Gasteiger partial charge is 0.330 e. The van der Waals surface area contributed by atoms with Gasteiger partial charge in [-0.2, -0.15) is 0 Å². The second-order valence-corrected chi connectivity index (χ2v) is 2.45. The SMILES string of the molecule is CC.CC.CC1=C(C)NC(=O)CC1.[HH]. The highest BCUT2D eigenvalue weighted by Gasteiger charge is 2.09. The van der Waals surface area contributed by atoms with E-state index in [2.05, 4.69) is 12.2 Å². The number of rotatable bonds is 0. The molecule has 0 atom stereocenters. The third kappa shape index (κ3) is 6.38. The van der Waals surface area contributed by atoms with Crippen LogP contribution in [0.3, 0.4) is 0 Å². The molecule has 0 unspecified atom stereocenters. The van der Waals surface area contributed by atoms with Gasteiger partial charge in [-0.15, -0.1) is 0 Å². The van der Waals surface area contributed by atoms with Crippen LogP contribution in [-0.4, -0.2) is 5.91 Å². The van der Waals surface area contributed by atoms with Crippen LogP contribution in [0.4, 0.5) is 0 Å². The van der Waals surface area contributed by atoms with E-state index in [0.29, 0.717) is 6.42 Å². The van der Waals surface area contributed by atoms with E-state index in [0.717, 1.165) is 12.1 Å². The third-order valence-corrected chi connectivity index (χ3v) is 1.69. The summed E-state index contributed by atoms with van der Waals surface area (Å²) in [4.78, 5) is 10.7. The summed E-state index contributed by atoms with van der Waals surface area (Å²) in [5.41, 5.74) is 2.33. The quantitative estimate of drug-likeness (QED) is 0.618. The lowest BCUT2D eigenvalue weighted by Crippen LogP contribution is -2.25. The first-order chi connectivity index (χ1) is 6.20. The second-order valence-electron chi connectivity index (χ2n) is 2.45. The smallest absolute Gasteiger partial charge is 0.224 e. The second kappa shape index (κ2) is 9.30. The summed E-state index contributed by atoms with van der Waals surface area (Å²) < 4.78 is 0. The van der Waals surface area contributed by atoms with Crippen molar-refractivity contribution in [1.82, 2.24) is 5.32 Å². The van der Waals surface area contributed by atoms with Gasteiger partial charge in [0.25, 0.3) is 0 Å². The first-order valence-corrected chi connectivity index (χ1v) is 5.16. The van der Waals surface area contributed by atoms with Crippen LogP contribution in [0, 0.1) is 0 Å². The van der Waals surface area contributed by atoms with Crippen LogP contribution in [0.5, 0.6) is 0 Å². The predicted octanol–water partition coefficient (Wildman–Crippen LogP) is 3.49. The Kier molecular flexibility index (Phi) is 10.5. The molecule has 0 bridgehead atoms. The molecular formula is C11H25NO. The van der Waals surface area contributed by atoms with Crippen molar-refractivity contribution in [3.8, 4) is 0 Å². The fourth-order valence-corrected chi connectivity index (χ4v) is 0.867. The molecule has 1 rings (SSSR count). The van der Waals surface area contributed by atoms with E-state index < -0.39 is 0 Å². The zero-order valence-corrected chi connectivity index (χ0v) is 9.82. The predicted molar refractivity (Wildman–Crippen MR) is 60.6 cm³/mol. The third-order valence-electron chi connectivity index (χ3n) is 1.69. The van der Waals surface area contributed by atoms with Gasteiger partial charge in [-0.3, -0.25) is 4.79 Å². The Balaban J connectivity index is -0.000000216. The maximum absolute atomic E-state index is 10.7. The van der Waals surface area contributed by atoms with Crippen LogP contribution in [0.25, 0.3) is 0 Å². The Morgan fingerprint density at radius 3 is 1.85 bits per heavy atom. The average Bonchev–Trinajstić information content (AvgIpc) is 2.18. The molecule has 0 spiro atoms. The van der Waals surface area contributed by atoms with Crippen molar-refractivity contribution in [3.63, 3.8) is 0 Å². The summed E-state index contributed by atoms with van der Waals surface area (Å²) in [5.74, 6) is 0.151. The summed E-state index contributed by atoms with van der Waals surface area (Å²) >= 11 is 0.